The van der Waals surface area contributed by atoms with Gasteiger partial charge in [-0.1, -0.05) is 44.0 Å². The molecule has 0 spiro atoms. The maximum atomic E-state index is 12.4. The van der Waals surface area contributed by atoms with Gasteiger partial charge in [0, 0.05) is 11.5 Å². The molecule has 1 fully saturated rings. The van der Waals surface area contributed by atoms with Crippen LogP contribution in [0.2, 0.25) is 0 Å². The lowest BCUT2D eigenvalue weighted by Gasteiger charge is -2.25. The predicted octanol–water partition coefficient (Wildman–Crippen LogP) is 3.20. The van der Waals surface area contributed by atoms with Crippen LogP contribution in [-0.4, -0.2) is 12.3 Å². The van der Waals surface area contributed by atoms with E-state index in [0.717, 1.165) is 30.7 Å². The Bertz CT molecular complexity index is 388. The van der Waals surface area contributed by atoms with Crippen molar-refractivity contribution >= 4 is 5.78 Å². The van der Waals surface area contributed by atoms with Crippen molar-refractivity contribution in [2.45, 2.75) is 39.0 Å². The maximum absolute atomic E-state index is 12.4. The van der Waals surface area contributed by atoms with Gasteiger partial charge in [0.25, 0.3) is 0 Å². The molecular weight excluding hydrogens is 222 g/mol. The first-order valence-corrected chi connectivity index (χ1v) is 7.04. The van der Waals surface area contributed by atoms with E-state index in [1.54, 1.807) is 0 Å². The number of ketones is 1. The highest BCUT2D eigenvalue weighted by molar-refractivity contribution is 5.97. The fraction of sp³-hybridized carbons (Fsp3) is 0.562. The minimum atomic E-state index is 0.251. The number of carbonyl (C=O) groups excluding carboxylic acids is 1. The molecule has 18 heavy (non-hydrogen) atoms. The summed E-state index contributed by atoms with van der Waals surface area (Å²) in [5.74, 6) is 1.38. The van der Waals surface area contributed by atoms with E-state index in [-0.39, 0.29) is 5.92 Å². The molecule has 0 aromatic heterocycles. The fourth-order valence-electron chi connectivity index (χ4n) is 2.76. The molecule has 1 aliphatic carbocycles. The quantitative estimate of drug-likeness (QED) is 0.828. The van der Waals surface area contributed by atoms with Crippen molar-refractivity contribution in [3.8, 4) is 0 Å². The zero-order valence-electron chi connectivity index (χ0n) is 11.2. The Hall–Kier alpha value is -1.15. The van der Waals surface area contributed by atoms with E-state index in [9.17, 15) is 4.79 Å². The third-order valence-corrected chi connectivity index (χ3v) is 4.06. The normalized spacial score (nSPS) is 23.9. The Morgan fingerprint density at radius 3 is 2.33 bits per heavy atom. The first kappa shape index (κ1) is 13.3. The molecule has 0 radical (unpaired) electrons. The monoisotopic (exact) mass is 245 g/mol. The maximum Gasteiger partial charge on any atom is 0.165 e. The molecule has 0 bridgehead atoms. The lowest BCUT2D eigenvalue weighted by Crippen LogP contribution is -2.21. The average Bonchev–Trinajstić information content (AvgIpc) is 2.40. The van der Waals surface area contributed by atoms with Gasteiger partial charge in [0.15, 0.2) is 5.78 Å². The highest BCUT2D eigenvalue weighted by Gasteiger charge is 2.24. The van der Waals surface area contributed by atoms with Gasteiger partial charge < -0.3 is 5.73 Å². The smallest absolute Gasteiger partial charge is 0.165 e. The number of nitrogens with two attached hydrogens (primary N) is 1. The second kappa shape index (κ2) is 6.14. The summed E-state index contributed by atoms with van der Waals surface area (Å²) in [5, 5.41) is 0. The van der Waals surface area contributed by atoms with Crippen molar-refractivity contribution < 1.29 is 4.79 Å². The Kier molecular flexibility index (Phi) is 4.54. The number of rotatable bonds is 4. The number of benzene rings is 1. The third-order valence-electron chi connectivity index (χ3n) is 4.06. The van der Waals surface area contributed by atoms with Gasteiger partial charge in [-0.3, -0.25) is 4.79 Å². The van der Waals surface area contributed by atoms with E-state index in [1.165, 1.54) is 18.4 Å². The summed E-state index contributed by atoms with van der Waals surface area (Å²) in [6, 6.07) is 7.99. The number of carbonyl (C=O) groups is 1. The number of Topliss-reactive ketones (excluding diaryl/α,β-unsaturated/α-hetero) is 1. The SMILES string of the molecule is CC1CCC(C(=O)c2ccc(CCN)cc2)CC1. The van der Waals surface area contributed by atoms with Gasteiger partial charge in [0.1, 0.15) is 0 Å². The topological polar surface area (TPSA) is 43.1 Å². The van der Waals surface area contributed by atoms with Gasteiger partial charge >= 0.3 is 0 Å². The van der Waals surface area contributed by atoms with Crippen LogP contribution in [0.3, 0.4) is 0 Å². The van der Waals surface area contributed by atoms with Crippen molar-refractivity contribution in [1.82, 2.24) is 0 Å². The molecule has 0 heterocycles. The molecule has 0 amide bonds. The van der Waals surface area contributed by atoms with Crippen LogP contribution in [0.1, 0.15) is 48.5 Å². The summed E-state index contributed by atoms with van der Waals surface area (Å²) >= 11 is 0. The van der Waals surface area contributed by atoms with Crippen LogP contribution in [0.25, 0.3) is 0 Å². The average molecular weight is 245 g/mol. The molecule has 1 aliphatic rings. The predicted molar refractivity (Wildman–Crippen MR) is 74.7 cm³/mol. The van der Waals surface area contributed by atoms with E-state index >= 15 is 0 Å². The van der Waals surface area contributed by atoms with E-state index in [0.29, 0.717) is 12.3 Å². The summed E-state index contributed by atoms with van der Waals surface area (Å²) < 4.78 is 0. The summed E-state index contributed by atoms with van der Waals surface area (Å²) in [7, 11) is 0. The van der Waals surface area contributed by atoms with Gasteiger partial charge in [-0.05, 0) is 37.3 Å². The van der Waals surface area contributed by atoms with Crippen LogP contribution >= 0.6 is 0 Å². The standard InChI is InChI=1S/C16H23NO/c1-12-2-6-14(7-3-12)16(18)15-8-4-13(5-9-15)10-11-17/h4-5,8-9,12,14H,2-3,6-7,10-11,17H2,1H3. The van der Waals surface area contributed by atoms with Crippen LogP contribution in [0.5, 0.6) is 0 Å². The second-order valence-corrected chi connectivity index (χ2v) is 5.56. The highest BCUT2D eigenvalue weighted by Crippen LogP contribution is 2.30. The Morgan fingerprint density at radius 1 is 1.17 bits per heavy atom. The van der Waals surface area contributed by atoms with Gasteiger partial charge in [-0.25, -0.2) is 0 Å². The van der Waals surface area contributed by atoms with E-state index in [2.05, 4.69) is 6.92 Å². The van der Waals surface area contributed by atoms with Crippen molar-refractivity contribution in [3.05, 3.63) is 35.4 Å². The first-order chi connectivity index (χ1) is 8.70. The third kappa shape index (κ3) is 3.20. The molecular formula is C16H23NO. The molecule has 0 saturated heterocycles. The molecule has 1 saturated carbocycles. The Labute approximate surface area is 110 Å². The lowest BCUT2D eigenvalue weighted by atomic mass is 9.79. The van der Waals surface area contributed by atoms with Crippen LogP contribution in [0.15, 0.2) is 24.3 Å². The molecule has 2 nitrogen and oxygen atoms in total. The zero-order valence-corrected chi connectivity index (χ0v) is 11.2. The lowest BCUT2D eigenvalue weighted by molar-refractivity contribution is 0.0875. The first-order valence-electron chi connectivity index (χ1n) is 7.04. The summed E-state index contributed by atoms with van der Waals surface area (Å²) in [4.78, 5) is 12.4. The summed E-state index contributed by atoms with van der Waals surface area (Å²) in [6.45, 7) is 2.94. The van der Waals surface area contributed by atoms with Gasteiger partial charge in [-0.15, -0.1) is 0 Å². The molecule has 0 unspecified atom stereocenters. The van der Waals surface area contributed by atoms with E-state index < -0.39 is 0 Å². The van der Waals surface area contributed by atoms with Crippen molar-refractivity contribution in [1.29, 1.82) is 0 Å². The number of hydrogen-bond donors (Lipinski definition) is 1. The highest BCUT2D eigenvalue weighted by atomic mass is 16.1. The molecule has 1 aromatic carbocycles. The summed E-state index contributed by atoms with van der Waals surface area (Å²) in [5.41, 5.74) is 7.61. The van der Waals surface area contributed by atoms with E-state index in [1.807, 2.05) is 24.3 Å². The van der Waals surface area contributed by atoms with Gasteiger partial charge in [-0.2, -0.15) is 0 Å². The molecule has 1 aromatic rings. The largest absolute Gasteiger partial charge is 0.330 e. The minimum absolute atomic E-state index is 0.251. The van der Waals surface area contributed by atoms with Gasteiger partial charge in [0.05, 0.1) is 0 Å². The zero-order chi connectivity index (χ0) is 13.0. The fourth-order valence-corrected chi connectivity index (χ4v) is 2.76. The van der Waals surface area contributed by atoms with Crippen LogP contribution in [0, 0.1) is 11.8 Å². The molecule has 98 valence electrons. The Morgan fingerprint density at radius 2 is 1.78 bits per heavy atom. The Balaban J connectivity index is 2.00. The molecule has 2 rings (SSSR count). The van der Waals surface area contributed by atoms with Crippen molar-refractivity contribution in [3.63, 3.8) is 0 Å². The molecule has 2 heteroatoms. The van der Waals surface area contributed by atoms with Crippen molar-refractivity contribution in [2.24, 2.45) is 17.6 Å². The minimum Gasteiger partial charge on any atom is -0.330 e. The summed E-state index contributed by atoms with van der Waals surface area (Å²) in [6.07, 6.45) is 5.40. The second-order valence-electron chi connectivity index (χ2n) is 5.56. The van der Waals surface area contributed by atoms with Crippen LogP contribution in [0.4, 0.5) is 0 Å². The molecule has 0 atom stereocenters. The van der Waals surface area contributed by atoms with Crippen LogP contribution < -0.4 is 5.73 Å². The van der Waals surface area contributed by atoms with Crippen molar-refractivity contribution in [2.75, 3.05) is 6.54 Å². The van der Waals surface area contributed by atoms with Crippen LogP contribution in [-0.2, 0) is 6.42 Å². The molecule has 2 N–H and O–H groups in total. The van der Waals surface area contributed by atoms with Gasteiger partial charge in [0.2, 0.25) is 0 Å². The van der Waals surface area contributed by atoms with E-state index in [4.69, 9.17) is 5.73 Å². The molecule has 0 aliphatic heterocycles. The number of hydrogen-bond acceptors (Lipinski definition) is 2.